The van der Waals surface area contributed by atoms with Crippen LogP contribution in [0.3, 0.4) is 0 Å². The van der Waals surface area contributed by atoms with Gasteiger partial charge in [0.05, 0.1) is 11.9 Å². The summed E-state index contributed by atoms with van der Waals surface area (Å²) in [7, 11) is 0. The van der Waals surface area contributed by atoms with Crippen molar-refractivity contribution in [3.05, 3.63) is 59.3 Å². The minimum Gasteiger partial charge on any atom is -0.440 e. The Kier molecular flexibility index (Phi) is 4.22. The lowest BCUT2D eigenvalue weighted by molar-refractivity contribution is 0.530. The first-order chi connectivity index (χ1) is 10.2. The SMILES string of the molecule is Cc1ccnc(SCc2ncc(-c3ccc(Cl)cc3)o2)n1. The lowest BCUT2D eigenvalue weighted by Crippen LogP contribution is -1.89. The number of hydrogen-bond donors (Lipinski definition) is 0. The fourth-order valence-electron chi connectivity index (χ4n) is 1.75. The van der Waals surface area contributed by atoms with Crippen molar-refractivity contribution in [2.45, 2.75) is 17.8 Å². The van der Waals surface area contributed by atoms with E-state index >= 15 is 0 Å². The topological polar surface area (TPSA) is 51.8 Å². The number of aryl methyl sites for hydroxylation is 1. The van der Waals surface area contributed by atoms with Crippen LogP contribution in [-0.2, 0) is 5.75 Å². The first-order valence-electron chi connectivity index (χ1n) is 6.34. The third-order valence-electron chi connectivity index (χ3n) is 2.78. The average molecular weight is 318 g/mol. The van der Waals surface area contributed by atoms with E-state index in [2.05, 4.69) is 15.0 Å². The Morgan fingerprint density at radius 2 is 1.95 bits per heavy atom. The summed E-state index contributed by atoms with van der Waals surface area (Å²) in [5.74, 6) is 1.97. The van der Waals surface area contributed by atoms with Crippen molar-refractivity contribution in [1.29, 1.82) is 0 Å². The van der Waals surface area contributed by atoms with E-state index in [4.69, 9.17) is 16.0 Å². The summed E-state index contributed by atoms with van der Waals surface area (Å²) in [6.07, 6.45) is 3.47. The van der Waals surface area contributed by atoms with Gasteiger partial charge in [0.2, 0.25) is 5.89 Å². The molecule has 21 heavy (non-hydrogen) atoms. The Bertz CT molecular complexity index is 743. The second-order valence-corrected chi connectivity index (χ2v) is 5.77. The van der Waals surface area contributed by atoms with Crippen LogP contribution in [0.25, 0.3) is 11.3 Å². The predicted octanol–water partition coefficient (Wildman–Crippen LogP) is 4.39. The van der Waals surface area contributed by atoms with Gasteiger partial charge in [-0.05, 0) is 37.3 Å². The van der Waals surface area contributed by atoms with E-state index in [9.17, 15) is 0 Å². The monoisotopic (exact) mass is 317 g/mol. The van der Waals surface area contributed by atoms with E-state index in [1.165, 1.54) is 11.8 Å². The molecule has 0 spiro atoms. The van der Waals surface area contributed by atoms with Gasteiger partial charge in [0.15, 0.2) is 10.9 Å². The van der Waals surface area contributed by atoms with Crippen LogP contribution in [-0.4, -0.2) is 15.0 Å². The molecule has 0 aliphatic rings. The van der Waals surface area contributed by atoms with Crippen LogP contribution in [0.5, 0.6) is 0 Å². The van der Waals surface area contributed by atoms with Gasteiger partial charge in [-0.25, -0.2) is 15.0 Å². The Balaban J connectivity index is 1.69. The van der Waals surface area contributed by atoms with Gasteiger partial charge in [-0.1, -0.05) is 23.4 Å². The van der Waals surface area contributed by atoms with Crippen LogP contribution in [0.1, 0.15) is 11.6 Å². The maximum Gasteiger partial charge on any atom is 0.205 e. The van der Waals surface area contributed by atoms with Crippen molar-refractivity contribution in [3.63, 3.8) is 0 Å². The quantitative estimate of drug-likeness (QED) is 0.528. The Hall–Kier alpha value is -1.85. The summed E-state index contributed by atoms with van der Waals surface area (Å²) in [6, 6.07) is 9.34. The smallest absolute Gasteiger partial charge is 0.205 e. The highest BCUT2D eigenvalue weighted by Crippen LogP contribution is 2.25. The zero-order valence-corrected chi connectivity index (χ0v) is 12.9. The molecule has 0 saturated heterocycles. The molecular weight excluding hydrogens is 306 g/mol. The molecule has 1 aromatic carbocycles. The van der Waals surface area contributed by atoms with Crippen molar-refractivity contribution < 1.29 is 4.42 Å². The minimum absolute atomic E-state index is 0.594. The van der Waals surface area contributed by atoms with Crippen LogP contribution in [0.2, 0.25) is 5.02 Å². The molecule has 4 nitrogen and oxygen atoms in total. The number of aromatic nitrogens is 3. The number of nitrogens with zero attached hydrogens (tertiary/aromatic N) is 3. The number of thioether (sulfide) groups is 1. The van der Waals surface area contributed by atoms with Crippen LogP contribution in [0.4, 0.5) is 0 Å². The number of hydrogen-bond acceptors (Lipinski definition) is 5. The fraction of sp³-hybridized carbons (Fsp3) is 0.133. The highest BCUT2D eigenvalue weighted by molar-refractivity contribution is 7.98. The van der Waals surface area contributed by atoms with Gasteiger partial charge in [-0.15, -0.1) is 0 Å². The molecule has 0 fully saturated rings. The normalized spacial score (nSPS) is 10.8. The van der Waals surface area contributed by atoms with Crippen LogP contribution in [0, 0.1) is 6.92 Å². The number of oxazole rings is 1. The van der Waals surface area contributed by atoms with Crippen LogP contribution in [0.15, 0.2) is 52.3 Å². The van der Waals surface area contributed by atoms with Crippen LogP contribution >= 0.6 is 23.4 Å². The molecule has 0 aliphatic heterocycles. The molecule has 106 valence electrons. The second-order valence-electron chi connectivity index (χ2n) is 4.39. The molecule has 0 bridgehead atoms. The second kappa shape index (κ2) is 6.28. The molecule has 0 unspecified atom stereocenters. The van der Waals surface area contributed by atoms with E-state index in [1.807, 2.05) is 37.3 Å². The Labute approximate surface area is 131 Å². The molecule has 0 N–H and O–H groups in total. The van der Waals surface area contributed by atoms with Crippen molar-refractivity contribution >= 4 is 23.4 Å². The maximum absolute atomic E-state index is 5.87. The zero-order chi connectivity index (χ0) is 14.7. The van der Waals surface area contributed by atoms with Gasteiger partial charge < -0.3 is 4.42 Å². The van der Waals surface area contributed by atoms with Crippen molar-refractivity contribution in [1.82, 2.24) is 15.0 Å². The molecule has 0 radical (unpaired) electrons. The predicted molar refractivity (Wildman–Crippen MR) is 83.3 cm³/mol. The van der Waals surface area contributed by atoms with Gasteiger partial charge in [0.25, 0.3) is 0 Å². The lowest BCUT2D eigenvalue weighted by Gasteiger charge is -1.98. The highest BCUT2D eigenvalue weighted by Gasteiger charge is 2.08. The standard InChI is InChI=1S/C15H12ClN3OS/c1-10-6-7-17-15(19-10)21-9-14-18-8-13(20-14)11-2-4-12(16)5-3-11/h2-8H,9H2,1H3. The zero-order valence-electron chi connectivity index (χ0n) is 11.3. The summed E-state index contributed by atoms with van der Waals surface area (Å²) in [5.41, 5.74) is 1.90. The molecule has 3 aromatic rings. The summed E-state index contributed by atoms with van der Waals surface area (Å²) in [6.45, 7) is 1.94. The average Bonchev–Trinajstić information content (AvgIpc) is 2.95. The molecule has 0 aliphatic carbocycles. The van der Waals surface area contributed by atoms with E-state index in [1.54, 1.807) is 12.4 Å². The van der Waals surface area contributed by atoms with Crippen molar-refractivity contribution in [2.75, 3.05) is 0 Å². The third-order valence-corrected chi connectivity index (χ3v) is 3.88. The van der Waals surface area contributed by atoms with Crippen molar-refractivity contribution in [2.24, 2.45) is 0 Å². The number of halogens is 1. The molecule has 2 heterocycles. The summed E-state index contributed by atoms with van der Waals surface area (Å²) < 4.78 is 5.73. The Morgan fingerprint density at radius 3 is 2.71 bits per heavy atom. The first-order valence-corrected chi connectivity index (χ1v) is 7.70. The van der Waals surface area contributed by atoms with Gasteiger partial charge in [-0.2, -0.15) is 0 Å². The van der Waals surface area contributed by atoms with E-state index in [0.29, 0.717) is 16.7 Å². The van der Waals surface area contributed by atoms with Crippen LogP contribution < -0.4 is 0 Å². The summed E-state index contributed by atoms with van der Waals surface area (Å²) in [5, 5.41) is 1.42. The molecule has 6 heteroatoms. The molecule has 0 amide bonds. The summed E-state index contributed by atoms with van der Waals surface area (Å²) >= 11 is 7.37. The molecular formula is C15H12ClN3OS. The summed E-state index contributed by atoms with van der Waals surface area (Å²) in [4.78, 5) is 12.8. The van der Waals surface area contributed by atoms with Gasteiger partial charge in [0, 0.05) is 22.5 Å². The van der Waals surface area contributed by atoms with Gasteiger partial charge >= 0.3 is 0 Å². The molecule has 2 aromatic heterocycles. The van der Waals surface area contributed by atoms with E-state index < -0.39 is 0 Å². The van der Waals surface area contributed by atoms with Gasteiger partial charge in [0.1, 0.15) is 0 Å². The molecule has 3 rings (SSSR count). The minimum atomic E-state index is 0.594. The van der Waals surface area contributed by atoms with E-state index in [-0.39, 0.29) is 0 Å². The first kappa shape index (κ1) is 14.1. The highest BCUT2D eigenvalue weighted by atomic mass is 35.5. The fourth-order valence-corrected chi connectivity index (χ4v) is 2.60. The van der Waals surface area contributed by atoms with E-state index in [0.717, 1.165) is 22.2 Å². The van der Waals surface area contributed by atoms with Crippen molar-refractivity contribution in [3.8, 4) is 11.3 Å². The number of benzene rings is 1. The van der Waals surface area contributed by atoms with Gasteiger partial charge in [-0.3, -0.25) is 0 Å². The third kappa shape index (κ3) is 3.62. The number of rotatable bonds is 4. The lowest BCUT2D eigenvalue weighted by atomic mass is 10.2. The molecule has 0 atom stereocenters. The molecule has 0 saturated carbocycles. The Morgan fingerprint density at radius 1 is 1.14 bits per heavy atom. The maximum atomic E-state index is 5.87. The largest absolute Gasteiger partial charge is 0.440 e.